The fourth-order valence-corrected chi connectivity index (χ4v) is 2.87. The van der Waals surface area contributed by atoms with Crippen LogP contribution in [0.15, 0.2) is 48.5 Å². The zero-order valence-corrected chi connectivity index (χ0v) is 15.4. The van der Waals surface area contributed by atoms with E-state index in [4.69, 9.17) is 9.47 Å². The van der Waals surface area contributed by atoms with Crippen molar-refractivity contribution in [3.05, 3.63) is 59.9 Å². The monoisotopic (exact) mass is 385 g/mol. The van der Waals surface area contributed by atoms with E-state index in [1.54, 1.807) is 29.2 Å². The molecule has 0 radical (unpaired) electrons. The first-order chi connectivity index (χ1) is 13.4. The molecule has 1 atom stereocenters. The number of ketones is 1. The summed E-state index contributed by atoms with van der Waals surface area (Å²) < 4.78 is 23.3. The SMILES string of the molecule is C[C@H](Oc1ccc(F)cc1)C(=O)OCC(=O)c1cccc(N2CCCC2=O)c1. The van der Waals surface area contributed by atoms with Crippen LogP contribution in [-0.2, 0) is 14.3 Å². The quantitative estimate of drug-likeness (QED) is 0.541. The number of ether oxygens (including phenoxy) is 2. The Balaban J connectivity index is 1.55. The molecule has 28 heavy (non-hydrogen) atoms. The molecule has 0 bridgehead atoms. The minimum atomic E-state index is -0.952. The highest BCUT2D eigenvalue weighted by molar-refractivity contribution is 6.01. The van der Waals surface area contributed by atoms with Crippen molar-refractivity contribution < 1.29 is 28.2 Å². The summed E-state index contributed by atoms with van der Waals surface area (Å²) in [4.78, 5) is 37.9. The smallest absolute Gasteiger partial charge is 0.347 e. The molecular weight excluding hydrogens is 365 g/mol. The van der Waals surface area contributed by atoms with Gasteiger partial charge in [0.05, 0.1) is 0 Å². The topological polar surface area (TPSA) is 72.9 Å². The van der Waals surface area contributed by atoms with Crippen molar-refractivity contribution in [2.75, 3.05) is 18.1 Å². The molecule has 1 saturated heterocycles. The lowest BCUT2D eigenvalue weighted by atomic mass is 10.1. The average molecular weight is 385 g/mol. The summed E-state index contributed by atoms with van der Waals surface area (Å²) in [6, 6.07) is 11.9. The highest BCUT2D eigenvalue weighted by Crippen LogP contribution is 2.22. The molecule has 2 aromatic carbocycles. The van der Waals surface area contributed by atoms with E-state index in [0.29, 0.717) is 30.0 Å². The van der Waals surface area contributed by atoms with Gasteiger partial charge in [-0.05, 0) is 49.7 Å². The fraction of sp³-hybridized carbons (Fsp3) is 0.286. The first-order valence-electron chi connectivity index (χ1n) is 8.96. The van der Waals surface area contributed by atoms with E-state index in [0.717, 1.165) is 6.42 Å². The normalized spacial score (nSPS) is 14.6. The predicted octanol–water partition coefficient (Wildman–Crippen LogP) is 3.15. The summed E-state index contributed by atoms with van der Waals surface area (Å²) in [5.74, 6) is -1.15. The maximum Gasteiger partial charge on any atom is 0.347 e. The molecule has 2 aromatic rings. The molecule has 1 aliphatic rings. The van der Waals surface area contributed by atoms with Crippen LogP contribution in [-0.4, -0.2) is 36.9 Å². The molecule has 146 valence electrons. The van der Waals surface area contributed by atoms with Gasteiger partial charge in [0.15, 0.2) is 18.5 Å². The molecule has 6 nitrogen and oxygen atoms in total. The van der Waals surface area contributed by atoms with Gasteiger partial charge in [0.2, 0.25) is 5.91 Å². The van der Waals surface area contributed by atoms with Gasteiger partial charge in [0.25, 0.3) is 0 Å². The number of hydrogen-bond acceptors (Lipinski definition) is 5. The number of nitrogens with zero attached hydrogens (tertiary/aromatic N) is 1. The molecule has 0 spiro atoms. The van der Waals surface area contributed by atoms with Crippen LogP contribution in [0.1, 0.15) is 30.1 Å². The predicted molar refractivity (Wildman–Crippen MR) is 99.8 cm³/mol. The third-order valence-corrected chi connectivity index (χ3v) is 4.36. The van der Waals surface area contributed by atoms with Crippen molar-refractivity contribution in [2.45, 2.75) is 25.9 Å². The number of carbonyl (C=O) groups is 3. The summed E-state index contributed by atoms with van der Waals surface area (Å²) in [7, 11) is 0. The third-order valence-electron chi connectivity index (χ3n) is 4.36. The van der Waals surface area contributed by atoms with Crippen LogP contribution >= 0.6 is 0 Å². The summed E-state index contributed by atoms with van der Waals surface area (Å²) in [6.07, 6.45) is 0.342. The van der Waals surface area contributed by atoms with E-state index in [2.05, 4.69) is 0 Å². The molecule has 1 heterocycles. The van der Waals surface area contributed by atoms with Gasteiger partial charge in [-0.3, -0.25) is 9.59 Å². The van der Waals surface area contributed by atoms with E-state index in [1.807, 2.05) is 0 Å². The second kappa shape index (κ2) is 8.65. The number of benzene rings is 2. The molecule has 7 heteroatoms. The van der Waals surface area contributed by atoms with Gasteiger partial charge in [0.1, 0.15) is 11.6 Å². The van der Waals surface area contributed by atoms with Gasteiger partial charge < -0.3 is 14.4 Å². The lowest BCUT2D eigenvalue weighted by Gasteiger charge is -2.16. The molecule has 0 unspecified atom stereocenters. The van der Waals surface area contributed by atoms with E-state index in [-0.39, 0.29) is 11.7 Å². The van der Waals surface area contributed by atoms with Gasteiger partial charge >= 0.3 is 5.97 Å². The molecule has 0 N–H and O–H groups in total. The number of esters is 1. The molecular formula is C21H20FNO5. The summed E-state index contributed by atoms with van der Waals surface area (Å²) in [5.41, 5.74) is 1.02. The van der Waals surface area contributed by atoms with Crippen LogP contribution in [0.3, 0.4) is 0 Å². The second-order valence-electron chi connectivity index (χ2n) is 6.44. The lowest BCUT2D eigenvalue weighted by Crippen LogP contribution is -2.28. The van der Waals surface area contributed by atoms with Crippen LogP contribution < -0.4 is 9.64 Å². The number of hydrogen-bond donors (Lipinski definition) is 0. The number of amides is 1. The van der Waals surface area contributed by atoms with Crippen molar-refractivity contribution in [1.29, 1.82) is 0 Å². The Kier molecular flexibility index (Phi) is 6.03. The van der Waals surface area contributed by atoms with Crippen molar-refractivity contribution in [3.63, 3.8) is 0 Å². The Labute approximate surface area is 161 Å². The highest BCUT2D eigenvalue weighted by atomic mass is 19.1. The molecule has 0 saturated carbocycles. The van der Waals surface area contributed by atoms with E-state index < -0.39 is 24.5 Å². The molecule has 3 rings (SSSR count). The Morgan fingerprint density at radius 1 is 1.18 bits per heavy atom. The summed E-state index contributed by atoms with van der Waals surface area (Å²) in [5, 5.41) is 0. The number of anilines is 1. The Hall–Kier alpha value is -3.22. The zero-order chi connectivity index (χ0) is 20.1. The zero-order valence-electron chi connectivity index (χ0n) is 15.4. The van der Waals surface area contributed by atoms with Crippen LogP contribution in [0.2, 0.25) is 0 Å². The minimum Gasteiger partial charge on any atom is -0.479 e. The second-order valence-corrected chi connectivity index (χ2v) is 6.44. The fourth-order valence-electron chi connectivity index (χ4n) is 2.87. The van der Waals surface area contributed by atoms with Gasteiger partial charge in [-0.25, -0.2) is 9.18 Å². The van der Waals surface area contributed by atoms with Crippen LogP contribution in [0.5, 0.6) is 5.75 Å². The van der Waals surface area contributed by atoms with Gasteiger partial charge in [-0.15, -0.1) is 0 Å². The van der Waals surface area contributed by atoms with Crippen molar-refractivity contribution in [2.24, 2.45) is 0 Å². The average Bonchev–Trinajstić information content (AvgIpc) is 3.13. The van der Waals surface area contributed by atoms with Crippen LogP contribution in [0.25, 0.3) is 0 Å². The number of carbonyl (C=O) groups excluding carboxylic acids is 3. The molecule has 1 amide bonds. The largest absolute Gasteiger partial charge is 0.479 e. The standard InChI is InChI=1S/C21H20FNO5/c1-14(28-18-9-7-16(22)8-10-18)21(26)27-13-19(24)15-4-2-5-17(12-15)23-11-3-6-20(23)25/h2,4-5,7-10,12,14H,3,6,11,13H2,1H3/t14-/m0/s1. The Morgan fingerprint density at radius 3 is 2.61 bits per heavy atom. The van der Waals surface area contributed by atoms with Crippen LogP contribution in [0.4, 0.5) is 10.1 Å². The first kappa shape index (κ1) is 19.5. The molecule has 0 aliphatic carbocycles. The summed E-state index contributed by atoms with van der Waals surface area (Å²) in [6.45, 7) is 1.67. The minimum absolute atomic E-state index is 0.0304. The number of halogens is 1. The highest BCUT2D eigenvalue weighted by Gasteiger charge is 2.23. The maximum absolute atomic E-state index is 12.9. The van der Waals surface area contributed by atoms with E-state index in [9.17, 15) is 18.8 Å². The van der Waals surface area contributed by atoms with Crippen molar-refractivity contribution >= 4 is 23.3 Å². The number of Topliss-reactive ketones (excluding diaryl/α,β-unsaturated/α-hetero) is 1. The van der Waals surface area contributed by atoms with E-state index >= 15 is 0 Å². The summed E-state index contributed by atoms with van der Waals surface area (Å²) >= 11 is 0. The van der Waals surface area contributed by atoms with E-state index in [1.165, 1.54) is 31.2 Å². The van der Waals surface area contributed by atoms with Gasteiger partial charge in [-0.1, -0.05) is 12.1 Å². The van der Waals surface area contributed by atoms with Crippen molar-refractivity contribution in [3.8, 4) is 5.75 Å². The number of rotatable bonds is 7. The van der Waals surface area contributed by atoms with Gasteiger partial charge in [0, 0.05) is 24.2 Å². The Morgan fingerprint density at radius 2 is 1.93 bits per heavy atom. The van der Waals surface area contributed by atoms with Gasteiger partial charge in [-0.2, -0.15) is 0 Å². The maximum atomic E-state index is 12.9. The lowest BCUT2D eigenvalue weighted by molar-refractivity contribution is -0.149. The van der Waals surface area contributed by atoms with Crippen molar-refractivity contribution in [1.82, 2.24) is 0 Å². The molecule has 0 aromatic heterocycles. The third kappa shape index (κ3) is 4.73. The van der Waals surface area contributed by atoms with Crippen LogP contribution in [0, 0.1) is 5.82 Å². The molecule has 1 fully saturated rings. The first-order valence-corrected chi connectivity index (χ1v) is 8.96. The molecule has 1 aliphatic heterocycles. The Bertz CT molecular complexity index is 881.